The number of aryl methyl sites for hydroxylation is 2. The number of benzene rings is 1. The lowest BCUT2D eigenvalue weighted by Gasteiger charge is -2.28. The highest BCUT2D eigenvalue weighted by Crippen LogP contribution is 2.64. The first-order chi connectivity index (χ1) is 20.9. The molecule has 1 aliphatic carbocycles. The van der Waals surface area contributed by atoms with Gasteiger partial charge in [0.1, 0.15) is 34.5 Å². The van der Waals surface area contributed by atoms with Crippen molar-refractivity contribution in [2.24, 2.45) is 11.3 Å². The molecule has 4 aromatic rings. The van der Waals surface area contributed by atoms with E-state index in [1.54, 1.807) is 22.0 Å². The number of ketones is 1. The minimum Gasteiger partial charge on any atom is -0.325 e. The van der Waals surface area contributed by atoms with Crippen molar-refractivity contribution in [3.05, 3.63) is 64.4 Å². The summed E-state index contributed by atoms with van der Waals surface area (Å²) < 4.78 is 2.20. The van der Waals surface area contributed by atoms with Crippen molar-refractivity contribution >= 4 is 50.2 Å². The maximum Gasteiger partial charge on any atom is 0.248 e. The van der Waals surface area contributed by atoms with E-state index in [1.807, 2.05) is 58.3 Å². The highest BCUT2D eigenvalue weighted by atomic mass is 79.9. The maximum atomic E-state index is 14.2. The van der Waals surface area contributed by atoms with Gasteiger partial charge in [0.2, 0.25) is 11.8 Å². The van der Waals surface area contributed by atoms with Crippen LogP contribution in [0.3, 0.4) is 0 Å². The maximum absolute atomic E-state index is 14.2. The summed E-state index contributed by atoms with van der Waals surface area (Å²) in [6.45, 7) is 7.99. The molecule has 6 rings (SSSR count). The number of carbonyl (C=O) groups excluding carboxylic acids is 3. The van der Waals surface area contributed by atoms with E-state index in [0.717, 1.165) is 23.2 Å². The summed E-state index contributed by atoms with van der Waals surface area (Å²) in [5, 5.41) is 8.22. The fourth-order valence-corrected chi connectivity index (χ4v) is 7.22. The second kappa shape index (κ2) is 11.2. The molecule has 1 aromatic carbocycles. The van der Waals surface area contributed by atoms with E-state index < -0.39 is 6.04 Å². The largest absolute Gasteiger partial charge is 0.325 e. The molecule has 2 aliphatic rings. The molecule has 1 N–H and O–H groups in total. The zero-order valence-corrected chi connectivity index (χ0v) is 27.2. The molecule has 1 saturated heterocycles. The Morgan fingerprint density at radius 2 is 1.82 bits per heavy atom. The number of anilines is 1. The van der Waals surface area contributed by atoms with Gasteiger partial charge in [0.05, 0.1) is 5.52 Å². The number of fused-ring (bicyclic) bond motifs is 2. The predicted octanol–water partition coefficient (Wildman–Crippen LogP) is 4.28. The first-order valence-corrected chi connectivity index (χ1v) is 15.4. The predicted molar refractivity (Wildman–Crippen MR) is 170 cm³/mol. The number of nitrogens with zero attached hydrogens (tertiary/aromatic N) is 7. The summed E-state index contributed by atoms with van der Waals surface area (Å²) in [7, 11) is 4.03. The van der Waals surface area contributed by atoms with Crippen LogP contribution in [-0.2, 0) is 16.1 Å². The number of Topliss-reactive ketones (excluding diaryl/α,β-unsaturated/α-hetero) is 1. The molecule has 228 valence electrons. The normalized spacial score (nSPS) is 22.4. The number of hydrogen-bond acceptors (Lipinski definition) is 8. The number of carbonyl (C=O) groups is 3. The van der Waals surface area contributed by atoms with Crippen molar-refractivity contribution in [1.82, 2.24) is 34.5 Å². The third-order valence-electron chi connectivity index (χ3n) is 9.06. The van der Waals surface area contributed by atoms with Crippen LogP contribution in [0.5, 0.6) is 0 Å². The van der Waals surface area contributed by atoms with E-state index >= 15 is 0 Å². The third kappa shape index (κ3) is 5.19. The number of aromatic nitrogens is 5. The SMILES string of the molecule is CC(=O)c1nn(CC(=O)N2C3[C@@H](C)[C@@]3(CN(C)C)C[C@H]2C(=O)Nc2nc(Br)ccc2C)c2ccc(-c3cnc(C)nc3)cc12. The molecule has 11 nitrogen and oxygen atoms in total. The molecule has 12 heteroatoms. The van der Waals surface area contributed by atoms with Crippen LogP contribution < -0.4 is 5.32 Å². The fourth-order valence-electron chi connectivity index (χ4n) is 6.91. The third-order valence-corrected chi connectivity index (χ3v) is 9.50. The molecule has 1 saturated carbocycles. The van der Waals surface area contributed by atoms with Gasteiger partial charge in [0.25, 0.3) is 0 Å². The van der Waals surface area contributed by atoms with Crippen LogP contribution in [0.1, 0.15) is 42.1 Å². The monoisotopic (exact) mass is 658 g/mol. The van der Waals surface area contributed by atoms with Crippen molar-refractivity contribution < 1.29 is 14.4 Å². The molecular formula is C32H35BrN8O3. The summed E-state index contributed by atoms with van der Waals surface area (Å²) in [6, 6.07) is 8.62. The van der Waals surface area contributed by atoms with Crippen LogP contribution in [0.15, 0.2) is 47.3 Å². The van der Waals surface area contributed by atoms with Crippen molar-refractivity contribution in [3.8, 4) is 11.1 Å². The van der Waals surface area contributed by atoms with E-state index in [4.69, 9.17) is 0 Å². The van der Waals surface area contributed by atoms with Gasteiger partial charge in [-0.15, -0.1) is 0 Å². The molecule has 44 heavy (non-hydrogen) atoms. The van der Waals surface area contributed by atoms with E-state index in [9.17, 15) is 14.4 Å². The fraction of sp³-hybridized carbons (Fsp3) is 0.406. The summed E-state index contributed by atoms with van der Waals surface area (Å²) >= 11 is 3.38. The van der Waals surface area contributed by atoms with Crippen LogP contribution in [-0.4, -0.2) is 84.9 Å². The van der Waals surface area contributed by atoms with Crippen LogP contribution in [0, 0.1) is 25.2 Å². The standard InChI is InChI=1S/C32H35BrN8O3/c1-17-7-10-26(33)36-30(17)37-31(44)25-12-32(16-39(5)6)18(2)29(32)41(25)27(43)15-40-24-9-8-21(22-13-34-20(4)35-14-22)11-23(24)28(38-40)19(3)42/h7-11,13-14,18,25,29H,12,15-16H2,1-6H3,(H,36,37,44)/t18-,25+,29?,32+/m1/s1. The molecule has 1 unspecified atom stereocenters. The molecule has 3 aromatic heterocycles. The number of rotatable bonds is 8. The Kier molecular flexibility index (Phi) is 7.61. The Morgan fingerprint density at radius 3 is 2.50 bits per heavy atom. The van der Waals surface area contributed by atoms with Crippen LogP contribution in [0.4, 0.5) is 5.82 Å². The molecule has 0 spiro atoms. The second-order valence-electron chi connectivity index (χ2n) is 12.3. The van der Waals surface area contributed by atoms with Crippen molar-refractivity contribution in [2.75, 3.05) is 26.0 Å². The summed E-state index contributed by atoms with van der Waals surface area (Å²) in [6.07, 6.45) is 4.04. The van der Waals surface area contributed by atoms with Crippen molar-refractivity contribution in [3.63, 3.8) is 0 Å². The van der Waals surface area contributed by atoms with Crippen molar-refractivity contribution in [1.29, 1.82) is 0 Å². The average molecular weight is 660 g/mol. The second-order valence-corrected chi connectivity index (χ2v) is 13.1. The molecule has 0 radical (unpaired) electrons. The number of amides is 2. The Morgan fingerprint density at radius 1 is 1.09 bits per heavy atom. The highest BCUT2D eigenvalue weighted by molar-refractivity contribution is 9.10. The van der Waals surface area contributed by atoms with Gasteiger partial charge in [-0.2, -0.15) is 5.10 Å². The number of piperidine rings is 1. The number of pyridine rings is 1. The van der Waals surface area contributed by atoms with E-state index in [-0.39, 0.29) is 47.2 Å². The lowest BCUT2D eigenvalue weighted by Crippen LogP contribution is -2.47. The molecule has 2 fully saturated rings. The van der Waals surface area contributed by atoms with Crippen LogP contribution in [0.2, 0.25) is 0 Å². The highest BCUT2D eigenvalue weighted by Gasteiger charge is 2.72. The molecule has 4 heterocycles. The number of halogens is 1. The zero-order valence-electron chi connectivity index (χ0n) is 25.6. The van der Waals surface area contributed by atoms with Crippen molar-refractivity contribution in [2.45, 2.75) is 52.7 Å². The molecule has 0 bridgehead atoms. The summed E-state index contributed by atoms with van der Waals surface area (Å²) in [5.41, 5.74) is 3.27. The van der Waals surface area contributed by atoms with Gasteiger partial charge in [-0.3, -0.25) is 19.1 Å². The topological polar surface area (TPSA) is 126 Å². The Balaban J connectivity index is 1.33. The summed E-state index contributed by atoms with van der Waals surface area (Å²) in [5.74, 6) is 0.701. The number of hydrogen-bond donors (Lipinski definition) is 1. The minimum atomic E-state index is -0.661. The van der Waals surface area contributed by atoms with Crippen LogP contribution >= 0.6 is 15.9 Å². The molecule has 4 atom stereocenters. The van der Waals surface area contributed by atoms with Gasteiger partial charge in [0.15, 0.2) is 5.78 Å². The molecular weight excluding hydrogens is 624 g/mol. The van der Waals surface area contributed by atoms with Gasteiger partial charge in [-0.25, -0.2) is 15.0 Å². The molecule has 2 amide bonds. The van der Waals surface area contributed by atoms with Gasteiger partial charge >= 0.3 is 0 Å². The lowest BCUT2D eigenvalue weighted by molar-refractivity contribution is -0.138. The Bertz CT molecular complexity index is 1800. The van der Waals surface area contributed by atoms with Gasteiger partial charge in [-0.1, -0.05) is 19.1 Å². The summed E-state index contributed by atoms with van der Waals surface area (Å²) in [4.78, 5) is 57.6. The van der Waals surface area contributed by atoms with E-state index in [0.29, 0.717) is 33.6 Å². The lowest BCUT2D eigenvalue weighted by atomic mass is 9.95. The smallest absolute Gasteiger partial charge is 0.248 e. The minimum absolute atomic E-state index is 0.0769. The number of likely N-dealkylation sites (tertiary alicyclic amines) is 1. The first kappa shape index (κ1) is 30.0. The van der Waals surface area contributed by atoms with Gasteiger partial charge in [0, 0.05) is 48.3 Å². The van der Waals surface area contributed by atoms with Gasteiger partial charge < -0.3 is 15.1 Å². The van der Waals surface area contributed by atoms with Crippen LogP contribution in [0.25, 0.3) is 22.0 Å². The Hall–Kier alpha value is -4.03. The Labute approximate surface area is 264 Å². The zero-order chi connectivity index (χ0) is 31.5. The van der Waals surface area contributed by atoms with Gasteiger partial charge in [-0.05, 0) is 85.5 Å². The first-order valence-electron chi connectivity index (χ1n) is 14.6. The molecule has 1 aliphatic heterocycles. The quantitative estimate of drug-likeness (QED) is 0.220. The van der Waals surface area contributed by atoms with E-state index in [1.165, 1.54) is 6.92 Å². The number of nitrogens with one attached hydrogen (secondary N) is 1. The van der Waals surface area contributed by atoms with E-state index in [2.05, 4.69) is 53.1 Å². The average Bonchev–Trinajstić information content (AvgIpc) is 3.25.